The molecule has 0 aliphatic rings. The lowest BCUT2D eigenvalue weighted by atomic mass is 10.2. The monoisotopic (exact) mass is 482 g/mol. The van der Waals surface area contributed by atoms with Gasteiger partial charge in [0.15, 0.2) is 6.61 Å². The van der Waals surface area contributed by atoms with Gasteiger partial charge >= 0.3 is 5.97 Å². The van der Waals surface area contributed by atoms with Crippen LogP contribution in [0.5, 0.6) is 5.75 Å². The highest BCUT2D eigenvalue weighted by molar-refractivity contribution is 7.92. The van der Waals surface area contributed by atoms with Crippen LogP contribution in [0.4, 0.5) is 5.69 Å². The number of aryl methyl sites for hydroxylation is 2. The van der Waals surface area contributed by atoms with Crippen molar-refractivity contribution in [3.63, 3.8) is 0 Å². The van der Waals surface area contributed by atoms with Gasteiger partial charge < -0.3 is 14.8 Å². The Kier molecular flexibility index (Phi) is 7.91. The Balaban J connectivity index is 1.52. The zero-order valence-electron chi connectivity index (χ0n) is 19.1. The van der Waals surface area contributed by atoms with Crippen molar-refractivity contribution in [2.75, 3.05) is 18.4 Å². The van der Waals surface area contributed by atoms with Gasteiger partial charge in [0, 0.05) is 12.2 Å². The molecule has 3 aromatic rings. The van der Waals surface area contributed by atoms with Crippen LogP contribution in [-0.2, 0) is 26.1 Å². The molecule has 0 aromatic heterocycles. The van der Waals surface area contributed by atoms with Crippen molar-refractivity contribution < 1.29 is 27.5 Å². The number of carbonyl (C=O) groups excluding carboxylic acids is 2. The first-order valence-corrected chi connectivity index (χ1v) is 11.9. The van der Waals surface area contributed by atoms with E-state index in [9.17, 15) is 18.0 Å². The van der Waals surface area contributed by atoms with E-state index in [1.165, 1.54) is 24.3 Å². The van der Waals surface area contributed by atoms with Crippen LogP contribution in [0, 0.1) is 13.8 Å². The topological polar surface area (TPSA) is 111 Å². The molecule has 0 fully saturated rings. The fourth-order valence-corrected chi connectivity index (χ4v) is 4.48. The summed E-state index contributed by atoms with van der Waals surface area (Å²) in [6.45, 7) is 3.39. The van der Waals surface area contributed by atoms with E-state index >= 15 is 0 Å². The van der Waals surface area contributed by atoms with Crippen LogP contribution < -0.4 is 14.8 Å². The number of rotatable bonds is 9. The second kappa shape index (κ2) is 10.8. The highest BCUT2D eigenvalue weighted by atomic mass is 32.2. The van der Waals surface area contributed by atoms with Gasteiger partial charge in [-0.05, 0) is 73.0 Å². The van der Waals surface area contributed by atoms with E-state index in [1.54, 1.807) is 38.3 Å². The fraction of sp³-hybridized carbons (Fsp3) is 0.200. The number of benzene rings is 3. The van der Waals surface area contributed by atoms with Gasteiger partial charge in [0.25, 0.3) is 15.9 Å². The van der Waals surface area contributed by atoms with Gasteiger partial charge in [0.05, 0.1) is 17.6 Å². The molecule has 0 unspecified atom stereocenters. The van der Waals surface area contributed by atoms with Gasteiger partial charge in [-0.25, -0.2) is 13.2 Å². The third kappa shape index (κ3) is 6.58. The summed E-state index contributed by atoms with van der Waals surface area (Å²) in [7, 11) is -2.21. The third-order valence-electron chi connectivity index (χ3n) is 4.99. The lowest BCUT2D eigenvalue weighted by Crippen LogP contribution is -2.28. The second-order valence-corrected chi connectivity index (χ2v) is 9.30. The first kappa shape index (κ1) is 24.8. The summed E-state index contributed by atoms with van der Waals surface area (Å²) in [5.41, 5.74) is 2.83. The Hall–Kier alpha value is -3.85. The SMILES string of the molecule is COc1ccc(CNC(=O)COC(=O)c2ccc(NS(=O)(=O)c3cc(C)ccc3C)cc2)cc1. The first-order valence-electron chi connectivity index (χ1n) is 10.4. The number of carbonyl (C=O) groups is 2. The summed E-state index contributed by atoms with van der Waals surface area (Å²) in [6.07, 6.45) is 0. The number of nitrogens with one attached hydrogen (secondary N) is 2. The zero-order chi connectivity index (χ0) is 24.7. The Morgan fingerprint density at radius 1 is 0.912 bits per heavy atom. The van der Waals surface area contributed by atoms with E-state index in [-0.39, 0.29) is 17.0 Å². The van der Waals surface area contributed by atoms with Crippen LogP contribution >= 0.6 is 0 Å². The largest absolute Gasteiger partial charge is 0.497 e. The Labute approximate surface area is 199 Å². The quantitative estimate of drug-likeness (QED) is 0.451. The Morgan fingerprint density at radius 3 is 2.24 bits per heavy atom. The van der Waals surface area contributed by atoms with Crippen molar-refractivity contribution in [2.24, 2.45) is 0 Å². The summed E-state index contributed by atoms with van der Waals surface area (Å²) in [5.74, 6) is -0.418. The number of anilines is 1. The molecule has 3 aromatic carbocycles. The molecule has 0 radical (unpaired) electrons. The van der Waals surface area contributed by atoms with E-state index in [0.29, 0.717) is 17.0 Å². The summed E-state index contributed by atoms with van der Waals surface area (Å²) in [6, 6.07) is 18.2. The minimum atomic E-state index is -3.78. The molecule has 0 saturated carbocycles. The Morgan fingerprint density at radius 2 is 1.59 bits per heavy atom. The molecule has 2 N–H and O–H groups in total. The van der Waals surface area contributed by atoms with E-state index in [1.807, 2.05) is 25.1 Å². The highest BCUT2D eigenvalue weighted by Gasteiger charge is 2.18. The predicted octanol–water partition coefficient (Wildman–Crippen LogP) is 3.59. The van der Waals surface area contributed by atoms with Gasteiger partial charge in [-0.2, -0.15) is 0 Å². The van der Waals surface area contributed by atoms with Crippen LogP contribution in [0.1, 0.15) is 27.0 Å². The predicted molar refractivity (Wildman–Crippen MR) is 128 cm³/mol. The normalized spacial score (nSPS) is 10.9. The minimum absolute atomic E-state index is 0.191. The number of hydrogen-bond donors (Lipinski definition) is 2. The maximum Gasteiger partial charge on any atom is 0.338 e. The van der Waals surface area contributed by atoms with Crippen molar-refractivity contribution in [1.29, 1.82) is 0 Å². The molecule has 0 aliphatic carbocycles. The molecule has 0 spiro atoms. The van der Waals surface area contributed by atoms with E-state index in [0.717, 1.165) is 11.1 Å². The van der Waals surface area contributed by atoms with Crippen LogP contribution in [0.2, 0.25) is 0 Å². The summed E-state index contributed by atoms with van der Waals surface area (Å²) < 4.78 is 38.1. The number of sulfonamides is 1. The molecule has 178 valence electrons. The summed E-state index contributed by atoms with van der Waals surface area (Å²) in [5, 5.41) is 2.67. The lowest BCUT2D eigenvalue weighted by Gasteiger charge is -2.11. The van der Waals surface area contributed by atoms with Crippen LogP contribution in [-0.4, -0.2) is 34.0 Å². The summed E-state index contributed by atoms with van der Waals surface area (Å²) >= 11 is 0. The summed E-state index contributed by atoms with van der Waals surface area (Å²) in [4.78, 5) is 24.4. The average Bonchev–Trinajstić information content (AvgIpc) is 2.83. The maximum absolute atomic E-state index is 12.7. The molecular weight excluding hydrogens is 456 g/mol. The van der Waals surface area contributed by atoms with Crippen molar-refractivity contribution in [2.45, 2.75) is 25.3 Å². The van der Waals surface area contributed by atoms with Gasteiger partial charge in [-0.1, -0.05) is 24.3 Å². The number of methoxy groups -OCH3 is 1. The molecule has 3 rings (SSSR count). The van der Waals surface area contributed by atoms with Crippen LogP contribution in [0.25, 0.3) is 0 Å². The van der Waals surface area contributed by atoms with E-state index in [2.05, 4.69) is 10.0 Å². The number of amides is 1. The van der Waals surface area contributed by atoms with E-state index < -0.39 is 28.5 Å². The smallest absolute Gasteiger partial charge is 0.338 e. The highest BCUT2D eigenvalue weighted by Crippen LogP contribution is 2.21. The van der Waals surface area contributed by atoms with Gasteiger partial charge in [-0.3, -0.25) is 9.52 Å². The lowest BCUT2D eigenvalue weighted by molar-refractivity contribution is -0.124. The van der Waals surface area contributed by atoms with Crippen LogP contribution in [0.3, 0.4) is 0 Å². The maximum atomic E-state index is 12.7. The van der Waals surface area contributed by atoms with Crippen molar-refractivity contribution in [3.8, 4) is 5.75 Å². The molecule has 0 atom stereocenters. The molecule has 0 bridgehead atoms. The van der Waals surface area contributed by atoms with Gasteiger partial charge in [0.2, 0.25) is 0 Å². The number of esters is 1. The zero-order valence-corrected chi connectivity index (χ0v) is 19.9. The average molecular weight is 483 g/mol. The Bertz CT molecular complexity index is 1270. The molecule has 9 heteroatoms. The van der Waals surface area contributed by atoms with Crippen LogP contribution in [0.15, 0.2) is 71.6 Å². The number of hydrogen-bond acceptors (Lipinski definition) is 6. The molecular formula is C25H26N2O6S. The van der Waals surface area contributed by atoms with Crippen molar-refractivity contribution >= 4 is 27.6 Å². The van der Waals surface area contributed by atoms with Crippen molar-refractivity contribution in [1.82, 2.24) is 5.32 Å². The van der Waals surface area contributed by atoms with E-state index in [4.69, 9.17) is 9.47 Å². The second-order valence-electron chi connectivity index (χ2n) is 7.65. The molecule has 0 aliphatic heterocycles. The first-order chi connectivity index (χ1) is 16.2. The standard InChI is InChI=1S/C25H26N2O6S/c1-17-4-5-18(2)23(14-17)34(30,31)27-21-10-8-20(9-11-21)25(29)33-16-24(28)26-15-19-6-12-22(32-3)13-7-19/h4-14,27H,15-16H2,1-3H3,(H,26,28). The molecule has 34 heavy (non-hydrogen) atoms. The molecule has 0 heterocycles. The molecule has 0 saturated heterocycles. The van der Waals surface area contributed by atoms with Gasteiger partial charge in [0.1, 0.15) is 5.75 Å². The van der Waals surface area contributed by atoms with Crippen molar-refractivity contribution in [3.05, 3.63) is 89.0 Å². The molecule has 1 amide bonds. The fourth-order valence-electron chi connectivity index (χ4n) is 3.09. The third-order valence-corrected chi connectivity index (χ3v) is 6.51. The number of ether oxygens (including phenoxy) is 2. The van der Waals surface area contributed by atoms with Gasteiger partial charge in [-0.15, -0.1) is 0 Å². The minimum Gasteiger partial charge on any atom is -0.497 e. The molecule has 8 nitrogen and oxygen atoms in total.